The van der Waals surface area contributed by atoms with Gasteiger partial charge in [-0.05, 0) is 31.5 Å². The summed E-state index contributed by atoms with van der Waals surface area (Å²) >= 11 is 0. The summed E-state index contributed by atoms with van der Waals surface area (Å²) in [7, 11) is 0. The molecule has 0 radical (unpaired) electrons. The molecule has 0 aliphatic carbocycles. The first-order chi connectivity index (χ1) is 8.54. The molecule has 0 fully saturated rings. The van der Waals surface area contributed by atoms with Crippen LogP contribution in [0.1, 0.15) is 27.3 Å². The lowest BCUT2D eigenvalue weighted by Gasteiger charge is -2.06. The second-order valence-corrected chi connectivity index (χ2v) is 4.14. The van der Waals surface area contributed by atoms with E-state index >= 15 is 0 Å². The number of hydrogen-bond acceptors (Lipinski definition) is 3. The zero-order valence-corrected chi connectivity index (χ0v) is 10.3. The second-order valence-electron chi connectivity index (χ2n) is 4.14. The molecule has 0 aliphatic rings. The molecule has 1 aromatic carbocycles. The highest BCUT2D eigenvalue weighted by atomic mass is 16.4. The molecular weight excluding hydrogens is 230 g/mol. The van der Waals surface area contributed by atoms with Gasteiger partial charge < -0.3 is 10.8 Å². The molecule has 3 N–H and O–H groups in total. The van der Waals surface area contributed by atoms with Gasteiger partial charge in [-0.1, -0.05) is 12.1 Å². The van der Waals surface area contributed by atoms with Crippen LogP contribution in [-0.4, -0.2) is 20.9 Å². The normalized spacial score (nSPS) is 10.6. The summed E-state index contributed by atoms with van der Waals surface area (Å²) in [4.78, 5) is 11.1. The first kappa shape index (κ1) is 12.3. The Bertz CT molecular complexity index is 602. The molecular formula is C13H15N3O2. The zero-order chi connectivity index (χ0) is 13.3. The van der Waals surface area contributed by atoms with E-state index in [1.807, 2.05) is 24.3 Å². The van der Waals surface area contributed by atoms with Crippen LogP contribution in [0.15, 0.2) is 24.3 Å². The van der Waals surface area contributed by atoms with Crippen LogP contribution in [0.5, 0.6) is 0 Å². The number of benzene rings is 1. The molecule has 0 unspecified atom stereocenters. The average Bonchev–Trinajstić information content (AvgIpc) is 2.65. The SMILES string of the molecule is Cc1nn(-c2cccc(CN)c2)c(C)c1C(=O)O. The van der Waals surface area contributed by atoms with Crippen LogP contribution >= 0.6 is 0 Å². The largest absolute Gasteiger partial charge is 0.478 e. The van der Waals surface area contributed by atoms with Crippen molar-refractivity contribution in [2.45, 2.75) is 20.4 Å². The standard InChI is InChI=1S/C13H15N3O2/c1-8-12(13(17)18)9(2)16(15-8)11-5-3-4-10(6-11)7-14/h3-6H,7,14H2,1-2H3,(H,17,18). The molecule has 0 aliphatic heterocycles. The number of rotatable bonds is 3. The molecule has 0 atom stereocenters. The van der Waals surface area contributed by atoms with Crippen molar-refractivity contribution in [1.29, 1.82) is 0 Å². The van der Waals surface area contributed by atoms with Crippen LogP contribution in [-0.2, 0) is 6.54 Å². The summed E-state index contributed by atoms with van der Waals surface area (Å²) in [5, 5.41) is 13.4. The first-order valence-corrected chi connectivity index (χ1v) is 5.63. The molecule has 0 spiro atoms. The van der Waals surface area contributed by atoms with Crippen molar-refractivity contribution >= 4 is 5.97 Å². The Balaban J connectivity index is 2.57. The van der Waals surface area contributed by atoms with Gasteiger partial charge in [0.2, 0.25) is 0 Å². The summed E-state index contributed by atoms with van der Waals surface area (Å²) in [5.74, 6) is -0.953. The number of aryl methyl sites for hydroxylation is 1. The smallest absolute Gasteiger partial charge is 0.339 e. The number of carboxylic acid groups (broad SMARTS) is 1. The molecule has 2 aromatic rings. The predicted molar refractivity (Wildman–Crippen MR) is 67.9 cm³/mol. The fourth-order valence-corrected chi connectivity index (χ4v) is 2.02. The molecule has 0 amide bonds. The van der Waals surface area contributed by atoms with E-state index in [0.717, 1.165) is 11.3 Å². The van der Waals surface area contributed by atoms with Crippen LogP contribution in [0.25, 0.3) is 5.69 Å². The molecule has 5 nitrogen and oxygen atoms in total. The van der Waals surface area contributed by atoms with Gasteiger partial charge in [0.05, 0.1) is 17.1 Å². The topological polar surface area (TPSA) is 81.1 Å². The lowest BCUT2D eigenvalue weighted by atomic mass is 10.2. The van der Waals surface area contributed by atoms with Crippen molar-refractivity contribution in [3.8, 4) is 5.69 Å². The summed E-state index contributed by atoms with van der Waals surface area (Å²) < 4.78 is 1.64. The van der Waals surface area contributed by atoms with E-state index in [1.54, 1.807) is 18.5 Å². The van der Waals surface area contributed by atoms with Crippen molar-refractivity contribution in [2.24, 2.45) is 5.73 Å². The predicted octanol–water partition coefficient (Wildman–Crippen LogP) is 1.65. The van der Waals surface area contributed by atoms with Crippen molar-refractivity contribution in [3.05, 3.63) is 46.8 Å². The summed E-state index contributed by atoms with van der Waals surface area (Å²) in [6.07, 6.45) is 0. The Labute approximate surface area is 105 Å². The maximum Gasteiger partial charge on any atom is 0.339 e. The highest BCUT2D eigenvalue weighted by Gasteiger charge is 2.18. The Morgan fingerprint density at radius 1 is 1.44 bits per heavy atom. The van der Waals surface area contributed by atoms with Crippen molar-refractivity contribution < 1.29 is 9.90 Å². The van der Waals surface area contributed by atoms with Crippen molar-refractivity contribution in [3.63, 3.8) is 0 Å². The lowest BCUT2D eigenvalue weighted by Crippen LogP contribution is -2.04. The minimum absolute atomic E-state index is 0.258. The highest BCUT2D eigenvalue weighted by molar-refractivity contribution is 5.90. The second kappa shape index (κ2) is 4.62. The maximum atomic E-state index is 11.1. The minimum atomic E-state index is -0.953. The number of hydrogen-bond donors (Lipinski definition) is 2. The third-order valence-electron chi connectivity index (χ3n) is 2.90. The third-order valence-corrected chi connectivity index (χ3v) is 2.90. The van der Waals surface area contributed by atoms with Gasteiger partial charge in [-0.25, -0.2) is 9.48 Å². The van der Waals surface area contributed by atoms with Gasteiger partial charge in [0.1, 0.15) is 5.56 Å². The summed E-state index contributed by atoms with van der Waals surface area (Å²) in [5.41, 5.74) is 8.79. The zero-order valence-electron chi connectivity index (χ0n) is 10.3. The van der Waals surface area contributed by atoms with E-state index in [-0.39, 0.29) is 5.56 Å². The third kappa shape index (κ3) is 2.00. The van der Waals surface area contributed by atoms with E-state index in [9.17, 15) is 4.79 Å². The number of aromatic carboxylic acids is 1. The van der Waals surface area contributed by atoms with E-state index < -0.39 is 5.97 Å². The quantitative estimate of drug-likeness (QED) is 0.861. The first-order valence-electron chi connectivity index (χ1n) is 5.63. The van der Waals surface area contributed by atoms with Crippen LogP contribution < -0.4 is 5.73 Å². The summed E-state index contributed by atoms with van der Waals surface area (Å²) in [6, 6.07) is 7.59. The van der Waals surface area contributed by atoms with Gasteiger partial charge in [0.15, 0.2) is 0 Å². The van der Waals surface area contributed by atoms with E-state index in [4.69, 9.17) is 10.8 Å². The number of carboxylic acids is 1. The molecule has 2 rings (SSSR count). The Hall–Kier alpha value is -2.14. The molecule has 94 valence electrons. The molecule has 18 heavy (non-hydrogen) atoms. The number of nitrogens with two attached hydrogens (primary N) is 1. The van der Waals surface area contributed by atoms with E-state index in [1.165, 1.54) is 0 Å². The molecule has 0 bridgehead atoms. The van der Waals surface area contributed by atoms with Crippen LogP contribution in [0, 0.1) is 13.8 Å². The Morgan fingerprint density at radius 3 is 2.72 bits per heavy atom. The van der Waals surface area contributed by atoms with E-state index in [2.05, 4.69) is 5.10 Å². The van der Waals surface area contributed by atoms with Crippen molar-refractivity contribution in [1.82, 2.24) is 9.78 Å². The molecule has 5 heteroatoms. The molecule has 1 heterocycles. The van der Waals surface area contributed by atoms with Gasteiger partial charge in [0, 0.05) is 6.54 Å². The Morgan fingerprint density at radius 2 is 2.17 bits per heavy atom. The maximum absolute atomic E-state index is 11.1. The number of aromatic nitrogens is 2. The van der Waals surface area contributed by atoms with Gasteiger partial charge in [-0.3, -0.25) is 0 Å². The fourth-order valence-electron chi connectivity index (χ4n) is 2.02. The average molecular weight is 245 g/mol. The van der Waals surface area contributed by atoms with Gasteiger partial charge in [-0.15, -0.1) is 0 Å². The van der Waals surface area contributed by atoms with Crippen LogP contribution in [0.2, 0.25) is 0 Å². The summed E-state index contributed by atoms with van der Waals surface area (Å²) in [6.45, 7) is 3.89. The number of nitrogens with zero attached hydrogens (tertiary/aromatic N) is 2. The van der Waals surface area contributed by atoms with Crippen LogP contribution in [0.3, 0.4) is 0 Å². The van der Waals surface area contributed by atoms with Gasteiger partial charge in [-0.2, -0.15) is 5.10 Å². The highest BCUT2D eigenvalue weighted by Crippen LogP contribution is 2.18. The Kier molecular flexibility index (Phi) is 3.16. The minimum Gasteiger partial charge on any atom is -0.478 e. The molecule has 1 aromatic heterocycles. The van der Waals surface area contributed by atoms with Gasteiger partial charge >= 0.3 is 5.97 Å². The van der Waals surface area contributed by atoms with Crippen LogP contribution in [0.4, 0.5) is 0 Å². The van der Waals surface area contributed by atoms with Crippen molar-refractivity contribution in [2.75, 3.05) is 0 Å². The van der Waals surface area contributed by atoms with E-state index in [0.29, 0.717) is 17.9 Å². The number of carbonyl (C=O) groups is 1. The monoisotopic (exact) mass is 245 g/mol. The fraction of sp³-hybridized carbons (Fsp3) is 0.231. The molecule has 0 saturated carbocycles. The molecule has 0 saturated heterocycles. The lowest BCUT2D eigenvalue weighted by molar-refractivity contribution is 0.0695. The van der Waals surface area contributed by atoms with Gasteiger partial charge in [0.25, 0.3) is 0 Å².